The molecule has 0 aliphatic rings. The molecule has 0 saturated heterocycles. The second kappa shape index (κ2) is 6.95. The van der Waals surface area contributed by atoms with Crippen LogP contribution >= 0.6 is 7.60 Å². The van der Waals surface area contributed by atoms with Gasteiger partial charge in [-0.15, -0.1) is 0 Å². The smallest absolute Gasteiger partial charge is 0.347 e. The summed E-state index contributed by atoms with van der Waals surface area (Å²) in [5, 5.41) is 8.46. The second-order valence-electron chi connectivity index (χ2n) is 2.88. The summed E-state index contributed by atoms with van der Waals surface area (Å²) >= 11 is 0. The molecule has 0 aliphatic heterocycles. The van der Waals surface area contributed by atoms with Gasteiger partial charge in [-0.1, -0.05) is 0 Å². The van der Waals surface area contributed by atoms with Crippen LogP contribution in [0.2, 0.25) is 0 Å². The Morgan fingerprint density at radius 2 is 1.87 bits per heavy atom. The Bertz CT molecular complexity index is 235. The largest absolute Gasteiger partial charge is 0.481 e. The fraction of sp³-hybridized carbons (Fsp3) is 0.875. The molecule has 7 heteroatoms. The van der Waals surface area contributed by atoms with Crippen molar-refractivity contribution in [3.63, 3.8) is 0 Å². The topological polar surface area (TPSA) is 98.9 Å². The molecule has 0 rings (SSSR count). The minimum Gasteiger partial charge on any atom is -0.481 e. The predicted octanol–water partition coefficient (Wildman–Crippen LogP) is 1.40. The molecule has 0 radical (unpaired) electrons. The van der Waals surface area contributed by atoms with E-state index in [1.165, 1.54) is 0 Å². The Morgan fingerprint density at radius 1 is 1.40 bits per heavy atom. The van der Waals surface area contributed by atoms with Crippen LogP contribution in [0.15, 0.2) is 0 Å². The Morgan fingerprint density at radius 3 is 2.20 bits per heavy atom. The third-order valence-corrected chi connectivity index (χ3v) is 3.98. The van der Waals surface area contributed by atoms with Crippen LogP contribution in [-0.2, 0) is 18.4 Å². The summed E-state index contributed by atoms with van der Waals surface area (Å²) < 4.78 is 21.9. The summed E-state index contributed by atoms with van der Waals surface area (Å²) in [6.45, 7) is 3.79. The van der Waals surface area contributed by atoms with E-state index in [1.807, 2.05) is 0 Å². The molecule has 0 fully saturated rings. The van der Waals surface area contributed by atoms with E-state index in [1.54, 1.807) is 13.8 Å². The van der Waals surface area contributed by atoms with Crippen molar-refractivity contribution in [3.05, 3.63) is 0 Å². The van der Waals surface area contributed by atoms with Crippen molar-refractivity contribution in [3.8, 4) is 0 Å². The first-order valence-electron chi connectivity index (χ1n) is 4.82. The highest BCUT2D eigenvalue weighted by molar-refractivity contribution is 7.54. The van der Waals surface area contributed by atoms with E-state index in [0.29, 0.717) is 0 Å². The molecule has 0 aliphatic carbocycles. The van der Waals surface area contributed by atoms with Crippen molar-refractivity contribution >= 4 is 13.6 Å². The summed E-state index contributed by atoms with van der Waals surface area (Å²) in [6, 6.07) is 0. The van der Waals surface area contributed by atoms with Gasteiger partial charge in [-0.2, -0.15) is 0 Å². The van der Waals surface area contributed by atoms with Crippen molar-refractivity contribution in [1.29, 1.82) is 0 Å². The second-order valence-corrected chi connectivity index (χ2v) is 5.13. The Hall–Kier alpha value is -0.420. The number of hydrogen-bond acceptors (Lipinski definition) is 5. The van der Waals surface area contributed by atoms with E-state index in [9.17, 15) is 9.36 Å². The van der Waals surface area contributed by atoms with Crippen molar-refractivity contribution in [2.75, 3.05) is 13.2 Å². The lowest BCUT2D eigenvalue weighted by Crippen LogP contribution is -2.24. The summed E-state index contributed by atoms with van der Waals surface area (Å²) in [5.74, 6) is -1.86. The van der Waals surface area contributed by atoms with Gasteiger partial charge < -0.3 is 19.9 Å². The maximum absolute atomic E-state index is 12.0. The molecular weight excluding hydrogens is 221 g/mol. The van der Waals surface area contributed by atoms with Crippen molar-refractivity contribution in [2.24, 2.45) is 5.73 Å². The average molecular weight is 239 g/mol. The van der Waals surface area contributed by atoms with E-state index >= 15 is 0 Å². The molecule has 0 bridgehead atoms. The molecule has 1 atom stereocenters. The van der Waals surface area contributed by atoms with Crippen LogP contribution in [0.3, 0.4) is 0 Å². The molecule has 90 valence electrons. The molecule has 0 aromatic rings. The molecule has 15 heavy (non-hydrogen) atoms. The van der Waals surface area contributed by atoms with Crippen LogP contribution < -0.4 is 5.73 Å². The van der Waals surface area contributed by atoms with Gasteiger partial charge in [0, 0.05) is 6.42 Å². The number of carboxylic acid groups (broad SMARTS) is 1. The summed E-state index contributed by atoms with van der Waals surface area (Å²) in [7, 11) is -3.35. The van der Waals surface area contributed by atoms with Crippen molar-refractivity contribution in [1.82, 2.24) is 0 Å². The van der Waals surface area contributed by atoms with Crippen LogP contribution in [0, 0.1) is 0 Å². The lowest BCUT2D eigenvalue weighted by molar-refractivity contribution is -0.137. The van der Waals surface area contributed by atoms with Crippen LogP contribution in [0.4, 0.5) is 0 Å². The zero-order valence-electron chi connectivity index (χ0n) is 9.01. The monoisotopic (exact) mass is 239 g/mol. The van der Waals surface area contributed by atoms with Gasteiger partial charge in [-0.3, -0.25) is 9.36 Å². The van der Waals surface area contributed by atoms with E-state index < -0.39 is 19.3 Å². The predicted molar refractivity (Wildman–Crippen MR) is 55.7 cm³/mol. The molecule has 0 heterocycles. The lowest BCUT2D eigenvalue weighted by atomic mass is 10.3. The number of rotatable bonds is 8. The van der Waals surface area contributed by atoms with Gasteiger partial charge >= 0.3 is 13.6 Å². The van der Waals surface area contributed by atoms with E-state index in [-0.39, 0.29) is 26.1 Å². The van der Waals surface area contributed by atoms with Gasteiger partial charge in [-0.05, 0) is 20.3 Å². The van der Waals surface area contributed by atoms with Gasteiger partial charge in [0.05, 0.1) is 13.2 Å². The Balaban J connectivity index is 4.34. The van der Waals surface area contributed by atoms with Gasteiger partial charge in [0.1, 0.15) is 5.78 Å². The van der Waals surface area contributed by atoms with Crippen molar-refractivity contribution in [2.45, 2.75) is 32.5 Å². The standard InChI is InChI=1S/C8H18NO5P/c1-3-13-15(12,14-4-2)7(9)5-6-8(10)11/h7H,3-6,9H2,1-2H3,(H,10,11). The minimum atomic E-state index is -3.35. The Labute approximate surface area is 89.3 Å². The molecule has 0 saturated carbocycles. The zero-order chi connectivity index (χ0) is 11.9. The normalized spacial score (nSPS) is 13.8. The van der Waals surface area contributed by atoms with E-state index in [2.05, 4.69) is 0 Å². The molecule has 6 nitrogen and oxygen atoms in total. The van der Waals surface area contributed by atoms with Gasteiger partial charge in [0.2, 0.25) is 0 Å². The lowest BCUT2D eigenvalue weighted by Gasteiger charge is -2.22. The quantitative estimate of drug-likeness (QED) is 0.621. The summed E-state index contributed by atoms with van der Waals surface area (Å²) in [6.07, 6.45) is -0.0715. The van der Waals surface area contributed by atoms with Gasteiger partial charge in [0.25, 0.3) is 0 Å². The first kappa shape index (κ1) is 14.6. The maximum Gasteiger partial charge on any atom is 0.347 e. The number of nitrogens with two attached hydrogens (primary N) is 1. The highest BCUT2D eigenvalue weighted by Gasteiger charge is 2.32. The fourth-order valence-electron chi connectivity index (χ4n) is 1.02. The molecule has 0 aromatic carbocycles. The number of aliphatic carboxylic acids is 1. The average Bonchev–Trinajstić information content (AvgIpc) is 2.14. The molecule has 3 N–H and O–H groups in total. The third kappa shape index (κ3) is 5.28. The highest BCUT2D eigenvalue weighted by Crippen LogP contribution is 2.52. The molecule has 0 aromatic heterocycles. The van der Waals surface area contributed by atoms with Crippen LogP contribution in [-0.4, -0.2) is 30.1 Å². The first-order chi connectivity index (χ1) is 6.96. The van der Waals surface area contributed by atoms with Crippen LogP contribution in [0.1, 0.15) is 26.7 Å². The number of hydrogen-bond donors (Lipinski definition) is 2. The summed E-state index contributed by atoms with van der Waals surface area (Å²) in [5.41, 5.74) is 5.60. The third-order valence-electron chi connectivity index (χ3n) is 1.68. The number of carbonyl (C=O) groups is 1. The first-order valence-corrected chi connectivity index (χ1v) is 6.43. The SMILES string of the molecule is CCOP(=O)(OCC)C(N)CCC(=O)O. The van der Waals surface area contributed by atoms with Crippen molar-refractivity contribution < 1.29 is 23.5 Å². The van der Waals surface area contributed by atoms with Crippen LogP contribution in [0.5, 0.6) is 0 Å². The zero-order valence-corrected chi connectivity index (χ0v) is 9.90. The minimum absolute atomic E-state index is 0.0760. The van der Waals surface area contributed by atoms with Crippen LogP contribution in [0.25, 0.3) is 0 Å². The molecular formula is C8H18NO5P. The fourth-order valence-corrected chi connectivity index (χ4v) is 2.64. The van der Waals surface area contributed by atoms with Gasteiger partial charge in [0.15, 0.2) is 0 Å². The molecule has 1 unspecified atom stereocenters. The maximum atomic E-state index is 12.0. The van der Waals surface area contributed by atoms with E-state index in [4.69, 9.17) is 19.9 Å². The summed E-state index contributed by atoms with van der Waals surface area (Å²) in [4.78, 5) is 10.3. The van der Waals surface area contributed by atoms with E-state index in [0.717, 1.165) is 0 Å². The molecule has 0 amide bonds. The molecule has 0 spiro atoms. The van der Waals surface area contributed by atoms with Gasteiger partial charge in [-0.25, -0.2) is 0 Å². The highest BCUT2D eigenvalue weighted by atomic mass is 31.2. The Kier molecular flexibility index (Phi) is 6.76. The number of carboxylic acids is 1.